The predicted octanol–water partition coefficient (Wildman–Crippen LogP) is 4.71. The fourth-order valence-electron chi connectivity index (χ4n) is 3.37. The van der Waals surface area contributed by atoms with Crippen LogP contribution in [-0.2, 0) is 4.79 Å². The number of ether oxygens (including phenoxy) is 2. The molecule has 0 fully saturated rings. The summed E-state index contributed by atoms with van der Waals surface area (Å²) in [5.74, 6) is 0.754. The second-order valence-electron chi connectivity index (χ2n) is 7.64. The van der Waals surface area contributed by atoms with E-state index in [1.54, 1.807) is 0 Å². The fourth-order valence-corrected chi connectivity index (χ4v) is 3.37. The first kappa shape index (κ1) is 19.2. The minimum Gasteiger partial charge on any atom is -0.487 e. The molecule has 0 saturated carbocycles. The van der Waals surface area contributed by atoms with Gasteiger partial charge >= 0.3 is 0 Å². The maximum absolute atomic E-state index is 13.1. The topological polar surface area (TPSA) is 47.6 Å². The molecular weight excluding hydrogens is 345 g/mol. The monoisotopic (exact) mass is 371 g/mol. The molecular formula is C22H26FNO3. The highest BCUT2D eigenvalue weighted by molar-refractivity contribution is 5.81. The summed E-state index contributed by atoms with van der Waals surface area (Å²) in [7, 11) is 0. The summed E-state index contributed by atoms with van der Waals surface area (Å²) in [5.41, 5.74) is 1.73. The smallest absolute Gasteiger partial charge is 0.261 e. The zero-order valence-electron chi connectivity index (χ0n) is 16.2. The Labute approximate surface area is 159 Å². The second kappa shape index (κ2) is 7.59. The van der Waals surface area contributed by atoms with E-state index in [4.69, 9.17) is 9.47 Å². The zero-order valence-corrected chi connectivity index (χ0v) is 16.2. The van der Waals surface area contributed by atoms with Crippen LogP contribution in [-0.4, -0.2) is 17.6 Å². The summed E-state index contributed by atoms with van der Waals surface area (Å²) in [5, 5.41) is 3.12. The molecule has 2 aromatic carbocycles. The maximum Gasteiger partial charge on any atom is 0.261 e. The van der Waals surface area contributed by atoms with Crippen LogP contribution in [0.1, 0.15) is 50.8 Å². The third-order valence-electron chi connectivity index (χ3n) is 4.69. The van der Waals surface area contributed by atoms with Gasteiger partial charge in [-0.3, -0.25) is 4.79 Å². The normalized spacial score (nSPS) is 18.8. The Morgan fingerprint density at radius 1 is 1.30 bits per heavy atom. The van der Waals surface area contributed by atoms with Gasteiger partial charge in [0.2, 0.25) is 0 Å². The SMILES string of the molecule is CC[C@@H](Oc1ccc(F)cc1)C(=O)N[C@@H]1CC(C)(C)Oc2ccc(C)cc21. The number of aryl methyl sites for hydroxylation is 1. The van der Waals surface area contributed by atoms with Crippen LogP contribution in [0.5, 0.6) is 11.5 Å². The first-order valence-electron chi connectivity index (χ1n) is 9.29. The summed E-state index contributed by atoms with van der Waals surface area (Å²) < 4.78 is 24.9. The van der Waals surface area contributed by atoms with E-state index >= 15 is 0 Å². The van der Waals surface area contributed by atoms with E-state index in [0.717, 1.165) is 16.9 Å². The Morgan fingerprint density at radius 3 is 2.67 bits per heavy atom. The number of carbonyl (C=O) groups excluding carboxylic acids is 1. The van der Waals surface area contributed by atoms with Crippen LogP contribution in [0.3, 0.4) is 0 Å². The Morgan fingerprint density at radius 2 is 2.00 bits per heavy atom. The number of amides is 1. The molecule has 0 unspecified atom stereocenters. The van der Waals surface area contributed by atoms with Gasteiger partial charge in [0.25, 0.3) is 5.91 Å². The number of rotatable bonds is 5. The van der Waals surface area contributed by atoms with Gasteiger partial charge < -0.3 is 14.8 Å². The van der Waals surface area contributed by atoms with Gasteiger partial charge in [-0.25, -0.2) is 4.39 Å². The number of benzene rings is 2. The molecule has 2 aromatic rings. The number of nitrogens with one attached hydrogen (secondary N) is 1. The minimum absolute atomic E-state index is 0.151. The zero-order chi connectivity index (χ0) is 19.6. The third kappa shape index (κ3) is 4.59. The van der Waals surface area contributed by atoms with E-state index in [9.17, 15) is 9.18 Å². The standard InChI is InChI=1S/C22H26FNO3/c1-5-19(26-16-9-7-15(23)8-10-16)21(25)24-18-13-22(3,4)27-20-11-6-14(2)12-17(18)20/h6-12,18-19H,5,13H2,1-4H3,(H,24,25)/t18-,19-/m1/s1. The van der Waals surface area contributed by atoms with Crippen molar-refractivity contribution in [3.8, 4) is 11.5 Å². The average Bonchev–Trinajstić information content (AvgIpc) is 2.61. The summed E-state index contributed by atoms with van der Waals surface area (Å²) >= 11 is 0. The van der Waals surface area contributed by atoms with Crippen molar-refractivity contribution in [2.45, 2.75) is 58.3 Å². The lowest BCUT2D eigenvalue weighted by Crippen LogP contribution is -2.45. The summed E-state index contributed by atoms with van der Waals surface area (Å²) in [6, 6.07) is 11.6. The van der Waals surface area contributed by atoms with Crippen molar-refractivity contribution >= 4 is 5.91 Å². The Hall–Kier alpha value is -2.56. The molecule has 1 aliphatic heterocycles. The highest BCUT2D eigenvalue weighted by Crippen LogP contribution is 2.40. The molecule has 1 N–H and O–H groups in total. The lowest BCUT2D eigenvalue weighted by Gasteiger charge is -2.38. The molecule has 0 spiro atoms. The van der Waals surface area contributed by atoms with Crippen LogP contribution < -0.4 is 14.8 Å². The first-order chi connectivity index (χ1) is 12.8. The molecule has 1 heterocycles. The van der Waals surface area contributed by atoms with Crippen LogP contribution in [0.15, 0.2) is 42.5 Å². The molecule has 0 bridgehead atoms. The number of carbonyl (C=O) groups is 1. The summed E-state index contributed by atoms with van der Waals surface area (Å²) in [6.45, 7) is 7.94. The quantitative estimate of drug-likeness (QED) is 0.828. The number of halogens is 1. The first-order valence-corrected chi connectivity index (χ1v) is 9.29. The van der Waals surface area contributed by atoms with Gasteiger partial charge in [-0.05, 0) is 57.5 Å². The van der Waals surface area contributed by atoms with E-state index in [1.807, 2.05) is 39.8 Å². The third-order valence-corrected chi connectivity index (χ3v) is 4.69. The van der Waals surface area contributed by atoms with E-state index in [1.165, 1.54) is 24.3 Å². The summed E-state index contributed by atoms with van der Waals surface area (Å²) in [4.78, 5) is 12.9. The van der Waals surface area contributed by atoms with Gasteiger partial charge in [-0.1, -0.05) is 24.6 Å². The van der Waals surface area contributed by atoms with E-state index in [2.05, 4.69) is 11.4 Å². The van der Waals surface area contributed by atoms with Crippen molar-refractivity contribution in [2.24, 2.45) is 0 Å². The van der Waals surface area contributed by atoms with Gasteiger partial charge in [-0.15, -0.1) is 0 Å². The molecule has 2 atom stereocenters. The number of hydrogen-bond donors (Lipinski definition) is 1. The van der Waals surface area contributed by atoms with Gasteiger partial charge in [0.1, 0.15) is 22.9 Å². The molecule has 0 radical (unpaired) electrons. The van der Waals surface area contributed by atoms with Gasteiger partial charge in [0.15, 0.2) is 6.10 Å². The summed E-state index contributed by atoms with van der Waals surface area (Å²) in [6.07, 6.45) is 0.535. The van der Waals surface area contributed by atoms with Crippen LogP contribution >= 0.6 is 0 Å². The van der Waals surface area contributed by atoms with Crippen molar-refractivity contribution in [2.75, 3.05) is 0 Å². The highest BCUT2D eigenvalue weighted by atomic mass is 19.1. The molecule has 144 valence electrons. The van der Waals surface area contributed by atoms with Crippen molar-refractivity contribution in [1.82, 2.24) is 5.32 Å². The van der Waals surface area contributed by atoms with Gasteiger partial charge in [0.05, 0.1) is 6.04 Å². The maximum atomic E-state index is 13.1. The van der Waals surface area contributed by atoms with Crippen molar-refractivity contribution in [1.29, 1.82) is 0 Å². The highest BCUT2D eigenvalue weighted by Gasteiger charge is 2.35. The predicted molar refractivity (Wildman–Crippen MR) is 102 cm³/mol. The average molecular weight is 371 g/mol. The Kier molecular flexibility index (Phi) is 5.40. The van der Waals surface area contributed by atoms with Crippen molar-refractivity contribution < 1.29 is 18.7 Å². The number of fused-ring (bicyclic) bond motifs is 1. The molecule has 27 heavy (non-hydrogen) atoms. The van der Waals surface area contributed by atoms with Crippen LogP contribution in [0.2, 0.25) is 0 Å². The lowest BCUT2D eigenvalue weighted by atomic mass is 9.88. The van der Waals surface area contributed by atoms with Crippen LogP contribution in [0.25, 0.3) is 0 Å². The van der Waals surface area contributed by atoms with Crippen LogP contribution in [0.4, 0.5) is 4.39 Å². The molecule has 4 nitrogen and oxygen atoms in total. The molecule has 0 saturated heterocycles. The second-order valence-corrected chi connectivity index (χ2v) is 7.64. The molecule has 1 amide bonds. The van der Waals surface area contributed by atoms with Gasteiger partial charge in [-0.2, -0.15) is 0 Å². The van der Waals surface area contributed by atoms with E-state index in [0.29, 0.717) is 18.6 Å². The van der Waals surface area contributed by atoms with Crippen LogP contribution in [0, 0.1) is 12.7 Å². The van der Waals surface area contributed by atoms with E-state index in [-0.39, 0.29) is 23.4 Å². The Balaban J connectivity index is 1.77. The lowest BCUT2D eigenvalue weighted by molar-refractivity contribution is -0.129. The largest absolute Gasteiger partial charge is 0.487 e. The minimum atomic E-state index is -0.644. The molecule has 1 aliphatic rings. The Bertz CT molecular complexity index is 817. The number of hydrogen-bond acceptors (Lipinski definition) is 3. The fraction of sp³-hybridized carbons (Fsp3) is 0.409. The van der Waals surface area contributed by atoms with Crippen molar-refractivity contribution in [3.05, 3.63) is 59.4 Å². The van der Waals surface area contributed by atoms with Crippen molar-refractivity contribution in [3.63, 3.8) is 0 Å². The van der Waals surface area contributed by atoms with Gasteiger partial charge in [0, 0.05) is 12.0 Å². The van der Waals surface area contributed by atoms with E-state index < -0.39 is 6.10 Å². The molecule has 0 aromatic heterocycles. The molecule has 5 heteroatoms. The molecule has 0 aliphatic carbocycles. The molecule has 3 rings (SSSR count).